The second-order valence-electron chi connectivity index (χ2n) is 3.05. The van der Waals surface area contributed by atoms with Crippen molar-refractivity contribution in [2.75, 3.05) is 0 Å². The fraction of sp³-hybridized carbons (Fsp3) is 1.00. The molecule has 0 heterocycles. The van der Waals surface area contributed by atoms with Crippen molar-refractivity contribution >= 4 is 72.0 Å². The van der Waals surface area contributed by atoms with Crippen molar-refractivity contribution in [3.05, 3.63) is 0 Å². The maximum atomic E-state index is 11.6. The molecule has 0 aromatic carbocycles. The van der Waals surface area contributed by atoms with Gasteiger partial charge in [0.2, 0.25) is 0 Å². The lowest BCUT2D eigenvalue weighted by atomic mass is 10.3. The maximum Gasteiger partial charge on any atom is 0.319 e. The van der Waals surface area contributed by atoms with Gasteiger partial charge in [-0.05, 0) is 12.8 Å². The first kappa shape index (κ1) is 18.1. The predicted molar refractivity (Wildman–Crippen MR) is 82.6 cm³/mol. The third kappa shape index (κ3) is 7.49. The minimum atomic E-state index is -2.47. The van der Waals surface area contributed by atoms with Gasteiger partial charge in [-0.25, -0.2) is 0 Å². The zero-order valence-electron chi connectivity index (χ0n) is 8.96. The third-order valence-corrected chi connectivity index (χ3v) is 5.21. The zero-order chi connectivity index (χ0) is 12.7. The number of hydrogen-bond donors (Lipinski definition) is 0. The van der Waals surface area contributed by atoms with Crippen LogP contribution < -0.4 is 0 Å². The smallest absolute Gasteiger partial charge is 0.305 e. The van der Waals surface area contributed by atoms with Crippen LogP contribution in [0.25, 0.3) is 0 Å². The van der Waals surface area contributed by atoms with E-state index in [4.69, 9.17) is 9.05 Å². The molecule has 0 radical (unpaired) electrons. The average molecular weight is 510 g/mol. The van der Waals surface area contributed by atoms with Crippen LogP contribution in [-0.4, -0.2) is 19.7 Å². The molecule has 0 saturated carbocycles. The topological polar surface area (TPSA) is 35.5 Å². The van der Waals surface area contributed by atoms with E-state index < -0.39 is 8.25 Å². The van der Waals surface area contributed by atoms with Gasteiger partial charge in [-0.15, -0.1) is 0 Å². The van der Waals surface area contributed by atoms with Crippen LogP contribution in [0.2, 0.25) is 0 Å². The standard InChI is InChI=1S/C8H15Br4O3P/c1-3-5(7(9)10)14-16(13)15-6(4-2)8(11)12/h5-8,16H,3-4H2,1-2H3. The summed E-state index contributed by atoms with van der Waals surface area (Å²) < 4.78 is 22.3. The normalized spacial score (nSPS) is 17.8. The Balaban J connectivity index is 4.15. The van der Waals surface area contributed by atoms with Gasteiger partial charge < -0.3 is 9.05 Å². The van der Waals surface area contributed by atoms with Gasteiger partial charge in [0.05, 0.1) is 19.7 Å². The van der Waals surface area contributed by atoms with Crippen LogP contribution in [-0.2, 0) is 13.6 Å². The molecule has 8 heteroatoms. The fourth-order valence-corrected chi connectivity index (χ4v) is 4.78. The molecule has 0 rings (SSSR count). The molecule has 0 aromatic rings. The van der Waals surface area contributed by atoms with E-state index in [1.54, 1.807) is 0 Å². The minimum absolute atomic E-state index is 0.0219. The summed E-state index contributed by atoms with van der Waals surface area (Å²) in [5, 5.41) is 0. The van der Waals surface area contributed by atoms with Gasteiger partial charge >= 0.3 is 8.25 Å². The van der Waals surface area contributed by atoms with Gasteiger partial charge in [0, 0.05) is 0 Å². The Bertz CT molecular complexity index is 195. The summed E-state index contributed by atoms with van der Waals surface area (Å²) in [5.41, 5.74) is 0. The second kappa shape index (κ2) is 9.93. The van der Waals surface area contributed by atoms with Crippen LogP contribution in [0.15, 0.2) is 0 Å². The monoisotopic (exact) mass is 506 g/mol. The largest absolute Gasteiger partial charge is 0.319 e. The van der Waals surface area contributed by atoms with Gasteiger partial charge in [0.15, 0.2) is 0 Å². The summed E-state index contributed by atoms with van der Waals surface area (Å²) in [4.78, 5) is 0. The van der Waals surface area contributed by atoms with Gasteiger partial charge in [0.1, 0.15) is 0 Å². The van der Waals surface area contributed by atoms with Crippen molar-refractivity contribution in [3.63, 3.8) is 0 Å². The Labute approximate surface area is 131 Å². The van der Waals surface area contributed by atoms with Gasteiger partial charge in [0.25, 0.3) is 0 Å². The van der Waals surface area contributed by atoms with Crippen LogP contribution in [0.1, 0.15) is 26.7 Å². The Morgan fingerprint density at radius 3 is 1.44 bits per heavy atom. The lowest BCUT2D eigenvalue weighted by molar-refractivity contribution is 0.141. The highest BCUT2D eigenvalue weighted by atomic mass is 79.9. The van der Waals surface area contributed by atoms with Crippen LogP contribution >= 0.6 is 72.0 Å². The first-order valence-electron chi connectivity index (χ1n) is 4.85. The van der Waals surface area contributed by atoms with Crippen LogP contribution in [0.5, 0.6) is 0 Å². The van der Waals surface area contributed by atoms with E-state index in [9.17, 15) is 4.57 Å². The fourth-order valence-electron chi connectivity index (χ4n) is 0.901. The molecule has 0 spiro atoms. The van der Waals surface area contributed by atoms with Crippen molar-refractivity contribution in [1.82, 2.24) is 0 Å². The summed E-state index contributed by atoms with van der Waals surface area (Å²) in [5.74, 6) is 0. The Kier molecular flexibility index (Phi) is 11.2. The van der Waals surface area contributed by atoms with Gasteiger partial charge in [-0.3, -0.25) is 4.57 Å². The molecule has 0 aliphatic heterocycles. The summed E-state index contributed by atoms with van der Waals surface area (Å²) in [6, 6.07) is 0. The zero-order valence-corrected chi connectivity index (χ0v) is 16.3. The first-order valence-corrected chi connectivity index (χ1v) is 9.74. The summed E-state index contributed by atoms with van der Waals surface area (Å²) in [7, 11) is -2.47. The lowest BCUT2D eigenvalue weighted by Crippen LogP contribution is -2.19. The van der Waals surface area contributed by atoms with Crippen LogP contribution in [0, 0.1) is 0 Å². The van der Waals surface area contributed by atoms with E-state index >= 15 is 0 Å². The highest BCUT2D eigenvalue weighted by molar-refractivity contribution is 9.25. The van der Waals surface area contributed by atoms with Crippen molar-refractivity contribution in [3.8, 4) is 0 Å². The van der Waals surface area contributed by atoms with E-state index in [1.807, 2.05) is 13.8 Å². The molecule has 16 heavy (non-hydrogen) atoms. The van der Waals surface area contributed by atoms with Crippen molar-refractivity contribution in [2.24, 2.45) is 0 Å². The van der Waals surface area contributed by atoms with Crippen molar-refractivity contribution in [1.29, 1.82) is 0 Å². The van der Waals surface area contributed by atoms with E-state index in [2.05, 4.69) is 63.7 Å². The van der Waals surface area contributed by atoms with E-state index in [0.717, 1.165) is 12.8 Å². The molecule has 0 fully saturated rings. The average Bonchev–Trinajstić information content (AvgIpc) is 2.21. The molecular weight excluding hydrogens is 495 g/mol. The Morgan fingerprint density at radius 2 is 1.25 bits per heavy atom. The first-order chi connectivity index (χ1) is 7.42. The molecular formula is C8H15Br4O3P. The van der Waals surface area contributed by atoms with E-state index in [0.29, 0.717) is 0 Å². The highest BCUT2D eigenvalue weighted by Crippen LogP contribution is 2.36. The molecule has 0 saturated heterocycles. The molecule has 0 amide bonds. The molecule has 2 unspecified atom stereocenters. The summed E-state index contributed by atoms with van der Waals surface area (Å²) in [6.07, 6.45) is 1.19. The molecule has 3 nitrogen and oxygen atoms in total. The SMILES string of the molecule is CCC(O[PH](=O)OC(CC)C(Br)Br)C(Br)Br. The Morgan fingerprint density at radius 1 is 0.938 bits per heavy atom. The summed E-state index contributed by atoms with van der Waals surface area (Å²) in [6.45, 7) is 3.93. The van der Waals surface area contributed by atoms with E-state index in [1.165, 1.54) is 0 Å². The molecule has 0 aromatic heterocycles. The predicted octanol–water partition coefficient (Wildman–Crippen LogP) is 5.20. The molecule has 0 aliphatic rings. The molecule has 98 valence electrons. The summed E-state index contributed by atoms with van der Waals surface area (Å²) >= 11 is 13.3. The number of halogens is 4. The molecule has 0 bridgehead atoms. The van der Waals surface area contributed by atoms with E-state index in [-0.39, 0.29) is 19.7 Å². The second-order valence-corrected chi connectivity index (χ2v) is 10.4. The lowest BCUT2D eigenvalue weighted by Gasteiger charge is -2.21. The van der Waals surface area contributed by atoms with Gasteiger partial charge in [-0.1, -0.05) is 77.6 Å². The number of alkyl halides is 4. The third-order valence-electron chi connectivity index (χ3n) is 1.86. The van der Waals surface area contributed by atoms with Crippen molar-refractivity contribution < 1.29 is 13.6 Å². The van der Waals surface area contributed by atoms with Gasteiger partial charge in [-0.2, -0.15) is 0 Å². The molecule has 0 N–H and O–H groups in total. The minimum Gasteiger partial charge on any atom is -0.305 e. The number of rotatable bonds is 8. The van der Waals surface area contributed by atoms with Crippen molar-refractivity contribution in [2.45, 2.75) is 46.4 Å². The Hall–Kier alpha value is 2.07. The number of hydrogen-bond acceptors (Lipinski definition) is 3. The molecule has 2 atom stereocenters. The van der Waals surface area contributed by atoms with Crippen LogP contribution in [0.3, 0.4) is 0 Å². The molecule has 0 aliphatic carbocycles. The highest BCUT2D eigenvalue weighted by Gasteiger charge is 2.22. The maximum absolute atomic E-state index is 11.6. The quantitative estimate of drug-likeness (QED) is 0.333. The van der Waals surface area contributed by atoms with Crippen LogP contribution in [0.4, 0.5) is 0 Å².